The zero-order valence-electron chi connectivity index (χ0n) is 16.3. The molecule has 2 aromatic rings. The van der Waals surface area contributed by atoms with Crippen LogP contribution in [0.3, 0.4) is 0 Å². The van der Waals surface area contributed by atoms with Gasteiger partial charge in [0, 0.05) is 5.56 Å². The number of carbonyl (C=O) groups excluding carboxylic acids is 3. The van der Waals surface area contributed by atoms with E-state index in [0.717, 1.165) is 24.8 Å². The molecule has 0 N–H and O–H groups in total. The third kappa shape index (κ3) is 2.96. The molecule has 5 rings (SSSR count). The number of rotatable bonds is 5. The van der Waals surface area contributed by atoms with Crippen LogP contribution in [0.2, 0.25) is 0 Å². The molecule has 2 amide bonds. The van der Waals surface area contributed by atoms with Crippen molar-refractivity contribution in [2.45, 2.75) is 26.2 Å². The lowest BCUT2D eigenvalue weighted by Crippen LogP contribution is -2.32. The van der Waals surface area contributed by atoms with Crippen molar-refractivity contribution in [3.05, 3.63) is 59.7 Å². The smallest absolute Gasteiger partial charge is 0.237 e. The first-order valence-corrected chi connectivity index (χ1v) is 10.2. The summed E-state index contributed by atoms with van der Waals surface area (Å²) in [6.07, 6.45) is 3.17. The second kappa shape index (κ2) is 6.83. The monoisotopic (exact) mass is 389 g/mol. The highest BCUT2D eigenvalue weighted by Crippen LogP contribution is 2.56. The molecule has 0 aromatic heterocycles. The molecule has 0 radical (unpaired) electrons. The van der Waals surface area contributed by atoms with Gasteiger partial charge in [-0.25, -0.2) is 0 Å². The molecule has 2 aliphatic carbocycles. The van der Waals surface area contributed by atoms with Crippen LogP contribution in [0.15, 0.2) is 48.5 Å². The number of nitrogens with zero attached hydrogens (tertiary/aromatic N) is 1. The van der Waals surface area contributed by atoms with Gasteiger partial charge in [-0.05, 0) is 62.3 Å². The van der Waals surface area contributed by atoms with Crippen LogP contribution in [-0.2, 0) is 9.59 Å². The summed E-state index contributed by atoms with van der Waals surface area (Å²) in [6.45, 7) is 1.91. The molecule has 148 valence electrons. The molecular weight excluding hydrogens is 366 g/mol. The Bertz CT molecular complexity index is 951. The number of carbonyl (C=O) groups is 3. The number of amides is 2. The normalized spacial score (nSPS) is 27.4. The molecule has 29 heavy (non-hydrogen) atoms. The van der Waals surface area contributed by atoms with Gasteiger partial charge >= 0.3 is 0 Å². The molecule has 0 unspecified atom stereocenters. The van der Waals surface area contributed by atoms with Crippen molar-refractivity contribution in [1.82, 2.24) is 0 Å². The van der Waals surface area contributed by atoms with Crippen LogP contribution in [-0.4, -0.2) is 24.2 Å². The third-order valence-electron chi connectivity index (χ3n) is 6.77. The van der Waals surface area contributed by atoms with Crippen molar-refractivity contribution >= 4 is 23.3 Å². The van der Waals surface area contributed by atoms with Gasteiger partial charge in [0.1, 0.15) is 5.75 Å². The summed E-state index contributed by atoms with van der Waals surface area (Å²) in [7, 11) is 0. The second-order valence-corrected chi connectivity index (χ2v) is 8.47. The van der Waals surface area contributed by atoms with Crippen LogP contribution >= 0.6 is 0 Å². The van der Waals surface area contributed by atoms with Gasteiger partial charge in [-0.2, -0.15) is 0 Å². The van der Waals surface area contributed by atoms with E-state index in [2.05, 4.69) is 0 Å². The van der Waals surface area contributed by atoms with Crippen molar-refractivity contribution in [2.24, 2.45) is 23.7 Å². The molecule has 5 heteroatoms. The highest BCUT2D eigenvalue weighted by Gasteiger charge is 2.61. The Hall–Kier alpha value is -2.95. The quantitative estimate of drug-likeness (QED) is 0.577. The Labute approximate surface area is 169 Å². The van der Waals surface area contributed by atoms with Crippen LogP contribution in [0.25, 0.3) is 0 Å². The maximum atomic E-state index is 12.9. The van der Waals surface area contributed by atoms with E-state index in [9.17, 15) is 14.4 Å². The molecule has 2 saturated carbocycles. The molecule has 1 saturated heterocycles. The topological polar surface area (TPSA) is 63.7 Å². The van der Waals surface area contributed by atoms with Gasteiger partial charge in [0.05, 0.1) is 17.5 Å². The average molecular weight is 389 g/mol. The molecule has 5 nitrogen and oxygen atoms in total. The number of Topliss-reactive ketones (excluding diaryl/α,β-unsaturated/α-hetero) is 1. The number of ether oxygens (including phenoxy) is 1. The standard InChI is InChI=1S/C24H23NO4/c1-14-2-4-15(5-3-14)20(26)13-29-19-10-8-18(9-11-19)25-23(27)21-16-6-7-17(12-16)22(21)24(25)28/h2-5,8-11,16-17,21-22H,6-7,12-13H2,1H3/t16-,17+,21-,22-/m0/s1. The molecule has 3 aliphatic rings. The largest absolute Gasteiger partial charge is 0.485 e. The fourth-order valence-corrected chi connectivity index (χ4v) is 5.33. The van der Waals surface area contributed by atoms with E-state index in [1.165, 1.54) is 4.90 Å². The van der Waals surface area contributed by atoms with Crippen molar-refractivity contribution < 1.29 is 19.1 Å². The van der Waals surface area contributed by atoms with Gasteiger partial charge in [-0.1, -0.05) is 29.8 Å². The van der Waals surface area contributed by atoms with Crippen LogP contribution < -0.4 is 9.64 Å². The van der Waals surface area contributed by atoms with Gasteiger partial charge in [-0.15, -0.1) is 0 Å². The number of fused-ring (bicyclic) bond motifs is 5. The maximum Gasteiger partial charge on any atom is 0.237 e. The van der Waals surface area contributed by atoms with Crippen molar-refractivity contribution in [1.29, 1.82) is 0 Å². The third-order valence-corrected chi connectivity index (χ3v) is 6.77. The fourth-order valence-electron chi connectivity index (χ4n) is 5.33. The summed E-state index contributed by atoms with van der Waals surface area (Å²) in [5, 5.41) is 0. The zero-order chi connectivity index (χ0) is 20.1. The number of aryl methyl sites for hydroxylation is 1. The lowest BCUT2D eigenvalue weighted by molar-refractivity contribution is -0.123. The molecule has 3 fully saturated rings. The Kier molecular flexibility index (Phi) is 4.26. The van der Waals surface area contributed by atoms with Crippen molar-refractivity contribution in [3.8, 4) is 5.75 Å². The minimum Gasteiger partial charge on any atom is -0.485 e. The van der Waals surface area contributed by atoms with Crippen LogP contribution in [0.1, 0.15) is 35.2 Å². The highest BCUT2D eigenvalue weighted by atomic mass is 16.5. The van der Waals surface area contributed by atoms with E-state index in [-0.39, 0.29) is 36.0 Å². The van der Waals surface area contributed by atoms with E-state index in [1.807, 2.05) is 19.1 Å². The average Bonchev–Trinajstić information content (AvgIpc) is 3.41. The van der Waals surface area contributed by atoms with Gasteiger partial charge in [-0.3, -0.25) is 19.3 Å². The minimum atomic E-state index is -0.121. The Morgan fingerprint density at radius 3 is 2.10 bits per heavy atom. The van der Waals surface area contributed by atoms with Crippen molar-refractivity contribution in [2.75, 3.05) is 11.5 Å². The number of benzene rings is 2. The van der Waals surface area contributed by atoms with E-state index >= 15 is 0 Å². The van der Waals surface area contributed by atoms with Crippen LogP contribution in [0.4, 0.5) is 5.69 Å². The Morgan fingerprint density at radius 1 is 0.931 bits per heavy atom. The van der Waals surface area contributed by atoms with E-state index < -0.39 is 0 Å². The first-order valence-electron chi connectivity index (χ1n) is 10.2. The fraction of sp³-hybridized carbons (Fsp3) is 0.375. The Morgan fingerprint density at radius 2 is 1.52 bits per heavy atom. The first-order chi connectivity index (χ1) is 14.0. The summed E-state index contributed by atoms with van der Waals surface area (Å²) in [4.78, 5) is 39.4. The van der Waals surface area contributed by atoms with E-state index in [1.54, 1.807) is 36.4 Å². The minimum absolute atomic E-state index is 0.0459. The summed E-state index contributed by atoms with van der Waals surface area (Å²) in [5.41, 5.74) is 2.30. The Balaban J connectivity index is 1.26. The number of hydrogen-bond acceptors (Lipinski definition) is 4. The van der Waals surface area contributed by atoms with Crippen LogP contribution in [0, 0.1) is 30.6 Å². The van der Waals surface area contributed by atoms with Crippen molar-refractivity contribution in [3.63, 3.8) is 0 Å². The van der Waals surface area contributed by atoms with Gasteiger partial charge in [0.15, 0.2) is 12.4 Å². The number of imide groups is 1. The maximum absolute atomic E-state index is 12.9. The first kappa shape index (κ1) is 18.1. The second-order valence-electron chi connectivity index (χ2n) is 8.47. The SMILES string of the molecule is Cc1ccc(C(=O)COc2ccc(N3C(=O)[C@H]4[C@@H]5CC[C@@H](C5)[C@@H]4C3=O)cc2)cc1. The van der Waals surface area contributed by atoms with Gasteiger partial charge in [0.2, 0.25) is 11.8 Å². The van der Waals surface area contributed by atoms with Crippen LogP contribution in [0.5, 0.6) is 5.75 Å². The molecule has 1 heterocycles. The van der Waals surface area contributed by atoms with Gasteiger partial charge in [0.25, 0.3) is 0 Å². The lowest BCUT2D eigenvalue weighted by Gasteiger charge is -2.19. The lowest BCUT2D eigenvalue weighted by atomic mass is 9.81. The van der Waals surface area contributed by atoms with Gasteiger partial charge < -0.3 is 4.74 Å². The molecular formula is C24H23NO4. The predicted molar refractivity (Wildman–Crippen MR) is 108 cm³/mol. The summed E-state index contributed by atoms with van der Waals surface area (Å²) >= 11 is 0. The highest BCUT2D eigenvalue weighted by molar-refractivity contribution is 6.22. The molecule has 2 bridgehead atoms. The summed E-state index contributed by atoms with van der Waals surface area (Å²) in [5.74, 6) is 0.860. The summed E-state index contributed by atoms with van der Waals surface area (Å²) in [6, 6.07) is 14.2. The molecule has 0 spiro atoms. The molecule has 4 atom stereocenters. The zero-order valence-corrected chi connectivity index (χ0v) is 16.3. The number of anilines is 1. The molecule has 2 aromatic carbocycles. The van der Waals surface area contributed by atoms with E-state index in [0.29, 0.717) is 28.8 Å². The predicted octanol–water partition coefficient (Wildman–Crippen LogP) is 3.79. The number of hydrogen-bond donors (Lipinski definition) is 0. The summed E-state index contributed by atoms with van der Waals surface area (Å²) < 4.78 is 5.60. The number of ketones is 1. The van der Waals surface area contributed by atoms with E-state index in [4.69, 9.17) is 4.74 Å². The molecule has 1 aliphatic heterocycles.